The molecule has 4 atom stereocenters. The lowest BCUT2D eigenvalue weighted by molar-refractivity contribution is -0.0509. The van der Waals surface area contributed by atoms with Gasteiger partial charge >= 0.3 is 0 Å². The van der Waals surface area contributed by atoms with Crippen molar-refractivity contribution in [3.8, 4) is 0 Å². The van der Waals surface area contributed by atoms with Crippen LogP contribution in [0, 0.1) is 6.92 Å². The predicted molar refractivity (Wildman–Crippen MR) is 69.7 cm³/mol. The van der Waals surface area contributed by atoms with E-state index >= 15 is 0 Å². The second-order valence-corrected chi connectivity index (χ2v) is 4.90. The number of aliphatic hydroxyl groups is 3. The Morgan fingerprint density at radius 2 is 2.10 bits per heavy atom. The third-order valence-electron chi connectivity index (χ3n) is 3.60. The van der Waals surface area contributed by atoms with Crippen molar-refractivity contribution in [3.63, 3.8) is 0 Å². The second-order valence-electron chi connectivity index (χ2n) is 4.90. The van der Waals surface area contributed by atoms with Crippen LogP contribution in [0.2, 0.25) is 0 Å². The highest BCUT2D eigenvalue weighted by Gasteiger charge is 2.43. The number of aryl methyl sites for hydroxylation is 1. The van der Waals surface area contributed by atoms with Gasteiger partial charge in [0.15, 0.2) is 12.0 Å². The molecule has 5 N–H and O–H groups in total. The third kappa shape index (κ3) is 1.77. The molecule has 8 nitrogen and oxygen atoms in total. The van der Waals surface area contributed by atoms with Gasteiger partial charge in [0.2, 0.25) is 0 Å². The lowest BCUT2D eigenvalue weighted by Crippen LogP contribution is -2.33. The molecule has 0 bridgehead atoms. The van der Waals surface area contributed by atoms with Crippen LogP contribution in [0.3, 0.4) is 0 Å². The van der Waals surface area contributed by atoms with Crippen LogP contribution in [-0.2, 0) is 4.74 Å². The molecular formula is C12H16N4O4. The topological polar surface area (TPSA) is 127 Å². The SMILES string of the molecule is Cc1cnc(N)c2ncn(C3OC(CO)C(O)C3O)c12. The van der Waals surface area contributed by atoms with Gasteiger partial charge in [-0.25, -0.2) is 9.97 Å². The van der Waals surface area contributed by atoms with E-state index in [1.54, 1.807) is 10.8 Å². The molecule has 1 saturated heterocycles. The summed E-state index contributed by atoms with van der Waals surface area (Å²) in [6.45, 7) is 1.47. The van der Waals surface area contributed by atoms with Crippen molar-refractivity contribution < 1.29 is 20.1 Å². The standard InChI is InChI=1S/C12H16N4O4/c1-5-2-14-11(13)7-8(5)16(4-15-7)12-10(19)9(18)6(3-17)20-12/h2,4,6,9-10,12,17-19H,3H2,1H3,(H2,13,14). The highest BCUT2D eigenvalue weighted by Crippen LogP contribution is 2.33. The maximum atomic E-state index is 10.1. The number of ether oxygens (including phenoxy) is 1. The van der Waals surface area contributed by atoms with Gasteiger partial charge in [-0.05, 0) is 12.5 Å². The van der Waals surface area contributed by atoms with Crippen LogP contribution < -0.4 is 5.73 Å². The fraction of sp³-hybridized carbons (Fsp3) is 0.500. The van der Waals surface area contributed by atoms with Gasteiger partial charge in [0.05, 0.1) is 18.5 Å². The highest BCUT2D eigenvalue weighted by atomic mass is 16.6. The Morgan fingerprint density at radius 3 is 2.75 bits per heavy atom. The number of aromatic nitrogens is 3. The second kappa shape index (κ2) is 4.67. The van der Waals surface area contributed by atoms with E-state index in [9.17, 15) is 10.2 Å². The van der Waals surface area contributed by atoms with E-state index in [1.807, 2.05) is 6.92 Å². The molecule has 0 aromatic carbocycles. The molecular weight excluding hydrogens is 264 g/mol. The molecule has 1 fully saturated rings. The Labute approximate surface area is 114 Å². The van der Waals surface area contributed by atoms with Crippen molar-refractivity contribution >= 4 is 16.9 Å². The fourth-order valence-corrected chi connectivity index (χ4v) is 2.53. The first kappa shape index (κ1) is 13.3. The van der Waals surface area contributed by atoms with Crippen LogP contribution in [0.15, 0.2) is 12.5 Å². The van der Waals surface area contributed by atoms with Crippen molar-refractivity contribution in [1.82, 2.24) is 14.5 Å². The van der Waals surface area contributed by atoms with Gasteiger partial charge < -0.3 is 30.4 Å². The largest absolute Gasteiger partial charge is 0.394 e. The Bertz CT molecular complexity index is 644. The van der Waals surface area contributed by atoms with Gasteiger partial charge in [-0.15, -0.1) is 0 Å². The van der Waals surface area contributed by atoms with E-state index in [0.29, 0.717) is 11.0 Å². The quantitative estimate of drug-likeness (QED) is 0.552. The van der Waals surface area contributed by atoms with Crippen LogP contribution in [0.4, 0.5) is 5.82 Å². The van der Waals surface area contributed by atoms with Gasteiger partial charge in [-0.3, -0.25) is 0 Å². The van der Waals surface area contributed by atoms with Crippen LogP contribution in [-0.4, -0.2) is 54.8 Å². The molecule has 3 rings (SSSR count). The molecule has 20 heavy (non-hydrogen) atoms. The number of aliphatic hydroxyl groups excluding tert-OH is 3. The molecule has 3 heterocycles. The summed E-state index contributed by atoms with van der Waals surface area (Å²) in [5.41, 5.74) is 7.80. The van der Waals surface area contributed by atoms with Crippen LogP contribution >= 0.6 is 0 Å². The minimum Gasteiger partial charge on any atom is -0.394 e. The molecule has 4 unspecified atom stereocenters. The van der Waals surface area contributed by atoms with E-state index in [2.05, 4.69) is 9.97 Å². The molecule has 0 spiro atoms. The zero-order valence-electron chi connectivity index (χ0n) is 10.8. The van der Waals surface area contributed by atoms with Gasteiger partial charge in [0.1, 0.15) is 23.8 Å². The van der Waals surface area contributed by atoms with Crippen molar-refractivity contribution in [2.24, 2.45) is 0 Å². The Kier molecular flexibility index (Phi) is 3.09. The number of fused-ring (bicyclic) bond motifs is 1. The van der Waals surface area contributed by atoms with E-state index in [1.165, 1.54) is 6.33 Å². The van der Waals surface area contributed by atoms with Crippen molar-refractivity contribution in [3.05, 3.63) is 18.1 Å². The van der Waals surface area contributed by atoms with Crippen molar-refractivity contribution in [2.75, 3.05) is 12.3 Å². The average Bonchev–Trinajstić information content (AvgIpc) is 2.99. The van der Waals surface area contributed by atoms with E-state index in [-0.39, 0.29) is 12.4 Å². The van der Waals surface area contributed by atoms with Crippen molar-refractivity contribution in [1.29, 1.82) is 0 Å². The summed E-state index contributed by atoms with van der Waals surface area (Å²) in [4.78, 5) is 8.20. The van der Waals surface area contributed by atoms with E-state index in [4.69, 9.17) is 15.6 Å². The number of anilines is 1. The van der Waals surface area contributed by atoms with Gasteiger partial charge in [0, 0.05) is 6.20 Å². The molecule has 1 aliphatic rings. The number of hydrogen-bond acceptors (Lipinski definition) is 7. The van der Waals surface area contributed by atoms with Crippen LogP contribution in [0.1, 0.15) is 11.8 Å². The summed E-state index contributed by atoms with van der Waals surface area (Å²) in [7, 11) is 0. The molecule has 0 saturated carbocycles. The highest BCUT2D eigenvalue weighted by molar-refractivity contribution is 5.87. The first-order chi connectivity index (χ1) is 9.54. The van der Waals surface area contributed by atoms with Gasteiger partial charge in [0.25, 0.3) is 0 Å². The lowest BCUT2D eigenvalue weighted by Gasteiger charge is -2.17. The van der Waals surface area contributed by atoms with Crippen LogP contribution in [0.25, 0.3) is 11.0 Å². The average molecular weight is 280 g/mol. The maximum Gasteiger partial charge on any atom is 0.164 e. The minimum absolute atomic E-state index is 0.288. The maximum absolute atomic E-state index is 10.1. The first-order valence-corrected chi connectivity index (χ1v) is 6.24. The normalized spacial score (nSPS) is 30.2. The predicted octanol–water partition coefficient (Wildman–Crippen LogP) is -1.07. The zero-order chi connectivity index (χ0) is 14.4. The number of rotatable bonds is 2. The van der Waals surface area contributed by atoms with Gasteiger partial charge in [-0.2, -0.15) is 0 Å². The monoisotopic (exact) mass is 280 g/mol. The smallest absolute Gasteiger partial charge is 0.164 e. The summed E-state index contributed by atoms with van der Waals surface area (Å²) in [5, 5.41) is 29.0. The Balaban J connectivity index is 2.10. The molecule has 0 aliphatic carbocycles. The van der Waals surface area contributed by atoms with Crippen LogP contribution in [0.5, 0.6) is 0 Å². The molecule has 2 aromatic heterocycles. The summed E-state index contributed by atoms with van der Waals surface area (Å²) >= 11 is 0. The number of nitrogens with zero attached hydrogens (tertiary/aromatic N) is 3. The summed E-state index contributed by atoms with van der Waals surface area (Å²) in [6.07, 6.45) is -0.868. The number of nitrogens with two attached hydrogens (primary N) is 1. The summed E-state index contributed by atoms with van der Waals surface area (Å²) < 4.78 is 7.10. The first-order valence-electron chi connectivity index (χ1n) is 6.24. The molecule has 0 amide bonds. The molecule has 2 aromatic rings. The molecule has 8 heteroatoms. The number of imidazole rings is 1. The molecule has 108 valence electrons. The van der Waals surface area contributed by atoms with E-state index in [0.717, 1.165) is 5.56 Å². The minimum atomic E-state index is -1.15. The number of pyridine rings is 1. The zero-order valence-corrected chi connectivity index (χ0v) is 10.8. The van der Waals surface area contributed by atoms with E-state index < -0.39 is 24.5 Å². The third-order valence-corrected chi connectivity index (χ3v) is 3.60. The number of nitrogen functional groups attached to an aromatic ring is 1. The summed E-state index contributed by atoms with van der Waals surface area (Å²) in [6, 6.07) is 0. The summed E-state index contributed by atoms with van der Waals surface area (Å²) in [5.74, 6) is 0.288. The Morgan fingerprint density at radius 1 is 1.35 bits per heavy atom. The van der Waals surface area contributed by atoms with Crippen molar-refractivity contribution in [2.45, 2.75) is 31.5 Å². The van der Waals surface area contributed by atoms with Gasteiger partial charge in [-0.1, -0.05) is 0 Å². The molecule has 1 aliphatic heterocycles. The number of hydrogen-bond donors (Lipinski definition) is 4. The fourth-order valence-electron chi connectivity index (χ4n) is 2.53. The lowest BCUT2D eigenvalue weighted by atomic mass is 10.1. The Hall–Kier alpha value is -1.74. The molecule has 0 radical (unpaired) electrons.